The van der Waals surface area contributed by atoms with Crippen LogP contribution in [0.25, 0.3) is 0 Å². The summed E-state index contributed by atoms with van der Waals surface area (Å²) in [4.78, 5) is 36.7. The first kappa shape index (κ1) is 22.3. The molecule has 0 fully saturated rings. The van der Waals surface area contributed by atoms with Crippen LogP contribution in [-0.2, 0) is 0 Å². The Hall–Kier alpha value is -1.79. The van der Waals surface area contributed by atoms with E-state index < -0.39 is 27.1 Å². The molecule has 1 amide bonds. The number of aliphatic hydroxyl groups excluding tert-OH is 1. The van der Waals surface area contributed by atoms with Crippen molar-refractivity contribution in [2.45, 2.75) is 0 Å². The molecule has 10 nitrogen and oxygen atoms in total. The third-order valence-corrected chi connectivity index (χ3v) is 4.23. The van der Waals surface area contributed by atoms with E-state index in [2.05, 4.69) is 31.9 Å². The number of hydrogen-bond acceptors (Lipinski definition) is 7. The van der Waals surface area contributed by atoms with Crippen molar-refractivity contribution in [3.05, 3.63) is 37.9 Å². The summed E-state index contributed by atoms with van der Waals surface area (Å²) >= 11 is 6.54. The highest BCUT2D eigenvalue weighted by atomic mass is 79.9. The third kappa shape index (κ3) is 5.35. The molecule has 0 aromatic heterocycles. The zero-order valence-corrected chi connectivity index (χ0v) is 17.1. The second-order valence-electron chi connectivity index (χ2n) is 5.19. The topological polar surface area (TPSA) is 130 Å². The molecule has 0 atom stereocenters. The lowest BCUT2D eigenvalue weighted by molar-refractivity contribution is -0.393. The lowest BCUT2D eigenvalue weighted by atomic mass is 10.1. The van der Waals surface area contributed by atoms with E-state index in [4.69, 9.17) is 5.11 Å². The van der Waals surface area contributed by atoms with Crippen LogP contribution < -0.4 is 4.90 Å². The Balaban J connectivity index is 3.71. The molecule has 12 heteroatoms. The molecule has 1 rings (SSSR count). The van der Waals surface area contributed by atoms with Crippen LogP contribution in [0.15, 0.2) is 12.1 Å². The monoisotopic (exact) mass is 496 g/mol. The van der Waals surface area contributed by atoms with Crippen LogP contribution in [0.2, 0.25) is 0 Å². The number of amides is 1. The highest BCUT2D eigenvalue weighted by Gasteiger charge is 2.31. The van der Waals surface area contributed by atoms with E-state index in [1.54, 1.807) is 4.90 Å². The molecule has 0 spiro atoms. The van der Waals surface area contributed by atoms with Gasteiger partial charge in [-0.3, -0.25) is 25.0 Å². The SMILES string of the molecule is CN(CCO)C(=O)c1cc([N+](=O)[O-])cc([N+](=O)[O-])c1N(CCBr)CCBr. The number of likely N-dealkylation sites (N-methyl/N-ethyl adjacent to an activating group) is 1. The van der Waals surface area contributed by atoms with E-state index in [1.807, 2.05) is 0 Å². The van der Waals surface area contributed by atoms with Gasteiger partial charge in [-0.15, -0.1) is 0 Å². The van der Waals surface area contributed by atoms with E-state index in [0.717, 1.165) is 17.0 Å². The summed E-state index contributed by atoms with van der Waals surface area (Å²) in [5.74, 6) is -0.644. The zero-order chi connectivity index (χ0) is 19.9. The molecule has 0 saturated heterocycles. The Bertz CT molecular complexity index is 682. The first-order valence-electron chi connectivity index (χ1n) is 7.48. The van der Waals surface area contributed by atoms with Crippen molar-refractivity contribution in [2.24, 2.45) is 0 Å². The summed E-state index contributed by atoms with van der Waals surface area (Å²) in [7, 11) is 1.41. The largest absolute Gasteiger partial charge is 0.395 e. The first-order valence-corrected chi connectivity index (χ1v) is 9.72. The summed E-state index contributed by atoms with van der Waals surface area (Å²) in [6.45, 7) is 0.398. The number of benzene rings is 1. The third-order valence-electron chi connectivity index (χ3n) is 3.52. The van der Waals surface area contributed by atoms with Gasteiger partial charge in [-0.25, -0.2) is 0 Å². The summed E-state index contributed by atoms with van der Waals surface area (Å²) in [5, 5.41) is 32.7. The molecule has 1 N–H and O–H groups in total. The zero-order valence-electron chi connectivity index (χ0n) is 13.9. The van der Waals surface area contributed by atoms with Crippen LogP contribution in [0, 0.1) is 20.2 Å². The van der Waals surface area contributed by atoms with E-state index >= 15 is 0 Å². The summed E-state index contributed by atoms with van der Waals surface area (Å²) in [5.41, 5.74) is -1.18. The normalized spacial score (nSPS) is 10.5. The minimum Gasteiger partial charge on any atom is -0.395 e. The molecule has 1 aromatic carbocycles. The first-order chi connectivity index (χ1) is 12.3. The molecule has 0 bridgehead atoms. The van der Waals surface area contributed by atoms with Crippen molar-refractivity contribution in [1.82, 2.24) is 4.90 Å². The van der Waals surface area contributed by atoms with Gasteiger partial charge in [-0.2, -0.15) is 0 Å². The predicted molar refractivity (Wildman–Crippen MR) is 104 cm³/mol. The summed E-state index contributed by atoms with van der Waals surface area (Å²) in [6, 6.07) is 1.89. The molecular formula is C14H18Br2N4O6. The van der Waals surface area contributed by atoms with Crippen molar-refractivity contribution in [3.8, 4) is 0 Å². The highest BCUT2D eigenvalue weighted by molar-refractivity contribution is 9.09. The molecule has 0 saturated carbocycles. The Morgan fingerprint density at radius 2 is 1.69 bits per heavy atom. The fourth-order valence-electron chi connectivity index (χ4n) is 2.34. The number of nitro groups is 2. The van der Waals surface area contributed by atoms with Gasteiger partial charge in [0.05, 0.1) is 28.1 Å². The van der Waals surface area contributed by atoms with Gasteiger partial charge in [0.2, 0.25) is 0 Å². The van der Waals surface area contributed by atoms with Gasteiger partial charge in [0.25, 0.3) is 17.3 Å². The molecule has 0 aliphatic carbocycles. The fraction of sp³-hybridized carbons (Fsp3) is 0.500. The van der Waals surface area contributed by atoms with Gasteiger partial charge < -0.3 is 14.9 Å². The van der Waals surface area contributed by atoms with E-state index in [-0.39, 0.29) is 24.4 Å². The number of carbonyl (C=O) groups excluding carboxylic acids is 1. The predicted octanol–water partition coefficient (Wildman–Crippen LogP) is 2.16. The van der Waals surface area contributed by atoms with Crippen molar-refractivity contribution in [1.29, 1.82) is 0 Å². The van der Waals surface area contributed by atoms with Crippen molar-refractivity contribution >= 4 is 54.8 Å². The van der Waals surface area contributed by atoms with Gasteiger partial charge in [0.15, 0.2) is 0 Å². The smallest absolute Gasteiger partial charge is 0.300 e. The minimum atomic E-state index is -0.779. The standard InChI is InChI=1S/C14H18Br2N4O6/c1-17(6-7-21)14(22)11-8-10(19(23)24)9-12(20(25)26)13(11)18(4-2-15)5-3-16/h8-9,21H,2-7H2,1H3. The number of alkyl halides is 2. The molecule has 144 valence electrons. The van der Waals surface area contributed by atoms with Gasteiger partial charge in [0, 0.05) is 43.4 Å². The van der Waals surface area contributed by atoms with Crippen LogP contribution in [0.5, 0.6) is 0 Å². The fourth-order valence-corrected chi connectivity index (χ4v) is 3.20. The molecule has 0 aliphatic rings. The van der Waals surface area contributed by atoms with E-state index in [0.29, 0.717) is 23.7 Å². The molecular weight excluding hydrogens is 480 g/mol. The number of carbonyl (C=O) groups is 1. The second-order valence-corrected chi connectivity index (χ2v) is 6.78. The molecule has 0 unspecified atom stereocenters. The maximum atomic E-state index is 12.7. The van der Waals surface area contributed by atoms with Crippen molar-refractivity contribution < 1.29 is 19.7 Å². The molecule has 1 aromatic rings. The van der Waals surface area contributed by atoms with Crippen molar-refractivity contribution in [2.75, 3.05) is 48.8 Å². The van der Waals surface area contributed by atoms with Crippen LogP contribution >= 0.6 is 31.9 Å². The Kier molecular flexibility index (Phi) is 8.88. The second kappa shape index (κ2) is 10.4. The number of aliphatic hydroxyl groups is 1. The number of rotatable bonds is 10. The number of hydrogen-bond donors (Lipinski definition) is 1. The molecule has 0 heterocycles. The summed E-state index contributed by atoms with van der Waals surface area (Å²) < 4.78 is 0. The van der Waals surface area contributed by atoms with Gasteiger partial charge in [-0.1, -0.05) is 31.9 Å². The number of non-ortho nitro benzene ring substituents is 1. The van der Waals surface area contributed by atoms with Gasteiger partial charge in [-0.05, 0) is 0 Å². The van der Waals surface area contributed by atoms with Crippen LogP contribution in [-0.4, -0.2) is 69.7 Å². The lowest BCUT2D eigenvalue weighted by Crippen LogP contribution is -2.34. The number of nitrogens with zero attached hydrogens (tertiary/aromatic N) is 4. The van der Waals surface area contributed by atoms with Crippen LogP contribution in [0.4, 0.5) is 17.1 Å². The average Bonchev–Trinajstić information content (AvgIpc) is 2.59. The average molecular weight is 498 g/mol. The molecule has 0 radical (unpaired) electrons. The quantitative estimate of drug-likeness (QED) is 0.297. The Labute approximate surface area is 166 Å². The van der Waals surface area contributed by atoms with Crippen LogP contribution in [0.3, 0.4) is 0 Å². The van der Waals surface area contributed by atoms with Crippen molar-refractivity contribution in [3.63, 3.8) is 0 Å². The number of nitro benzene ring substituents is 2. The molecule has 0 aliphatic heterocycles. The lowest BCUT2D eigenvalue weighted by Gasteiger charge is -2.26. The van der Waals surface area contributed by atoms with E-state index in [1.165, 1.54) is 7.05 Å². The minimum absolute atomic E-state index is 0.00828. The van der Waals surface area contributed by atoms with Gasteiger partial charge in [0.1, 0.15) is 5.69 Å². The van der Waals surface area contributed by atoms with Gasteiger partial charge >= 0.3 is 0 Å². The maximum absolute atomic E-state index is 12.7. The Morgan fingerprint density at radius 3 is 2.12 bits per heavy atom. The number of anilines is 1. The van der Waals surface area contributed by atoms with E-state index in [9.17, 15) is 25.0 Å². The van der Waals surface area contributed by atoms with Crippen LogP contribution in [0.1, 0.15) is 10.4 Å². The highest BCUT2D eigenvalue weighted by Crippen LogP contribution is 2.37. The number of halogens is 2. The Morgan fingerprint density at radius 1 is 1.12 bits per heavy atom. The maximum Gasteiger partial charge on any atom is 0.300 e. The summed E-state index contributed by atoms with van der Waals surface area (Å²) in [6.07, 6.45) is 0. The molecule has 26 heavy (non-hydrogen) atoms.